The Balaban J connectivity index is 2.40. The third kappa shape index (κ3) is 4.88. The fourth-order valence-corrected chi connectivity index (χ4v) is 4.09. The first kappa shape index (κ1) is 25.5. The molecule has 35 heavy (non-hydrogen) atoms. The molecule has 1 aliphatic rings. The van der Waals surface area contributed by atoms with E-state index in [2.05, 4.69) is 10.1 Å². The number of rotatable bonds is 6. The molecular weight excluding hydrogens is 462 g/mol. The maximum atomic E-state index is 12.7. The summed E-state index contributed by atoms with van der Waals surface area (Å²) in [6.45, 7) is 0. The topological polar surface area (TPSA) is 128 Å². The minimum absolute atomic E-state index is 0.0295. The van der Waals surface area contributed by atoms with Crippen LogP contribution in [0.3, 0.4) is 0 Å². The lowest BCUT2D eigenvalue weighted by Gasteiger charge is -2.22. The Labute approximate surface area is 202 Å². The highest BCUT2D eigenvalue weighted by Gasteiger charge is 2.32. The van der Waals surface area contributed by atoms with Gasteiger partial charge in [0.1, 0.15) is 11.3 Å². The molecule has 0 aromatic heterocycles. The van der Waals surface area contributed by atoms with Crippen LogP contribution in [0.5, 0.6) is 23.0 Å². The Kier molecular flexibility index (Phi) is 7.90. The summed E-state index contributed by atoms with van der Waals surface area (Å²) < 4.78 is 36.3. The first-order valence-electron chi connectivity index (χ1n) is 10.5. The van der Waals surface area contributed by atoms with Gasteiger partial charge in [-0.3, -0.25) is 0 Å². The molecule has 2 aromatic carbocycles. The summed E-state index contributed by atoms with van der Waals surface area (Å²) in [5.74, 6) is 0.354. The van der Waals surface area contributed by atoms with Gasteiger partial charge in [-0.25, -0.2) is 14.4 Å². The average molecular weight is 489 g/mol. The lowest BCUT2D eigenvalue weighted by molar-refractivity contribution is 0.0595. The summed E-state index contributed by atoms with van der Waals surface area (Å²) in [6, 6.07) is 4.25. The Hall–Kier alpha value is -4.15. The molecule has 1 aliphatic carbocycles. The molecule has 0 bridgehead atoms. The number of benzene rings is 2. The summed E-state index contributed by atoms with van der Waals surface area (Å²) in [5, 5.41) is 2.80. The SMILES string of the molecule is COC(=O)N[C@H]1CCc2cc(OC)c(OC)c(OC)c2-c2cc(C(=O)OC)c(OC(=O)OC)cc21. The quantitative estimate of drug-likeness (QED) is 0.365. The number of aryl methyl sites for hydroxylation is 1. The van der Waals surface area contributed by atoms with Crippen molar-refractivity contribution in [2.75, 3.05) is 42.7 Å². The van der Waals surface area contributed by atoms with Gasteiger partial charge in [-0.2, -0.15) is 0 Å². The predicted molar refractivity (Wildman–Crippen MR) is 123 cm³/mol. The smallest absolute Gasteiger partial charge is 0.493 e. The van der Waals surface area contributed by atoms with Gasteiger partial charge in [0, 0.05) is 5.56 Å². The number of esters is 1. The first-order chi connectivity index (χ1) is 16.8. The Morgan fingerprint density at radius 1 is 0.829 bits per heavy atom. The third-order valence-electron chi connectivity index (χ3n) is 5.65. The van der Waals surface area contributed by atoms with Crippen LogP contribution in [-0.2, 0) is 20.6 Å². The standard InChI is InChI=1S/C24H27NO10/c1-29-18-9-12-7-8-16(25-23(27)33-5)13-11-17(35-24(28)34-6)15(22(26)32-4)10-14(13)19(12)21(31-3)20(18)30-2/h9-11,16H,7-8H2,1-6H3,(H,25,27)/t16-/m0/s1. The minimum Gasteiger partial charge on any atom is -0.493 e. The number of amides is 1. The van der Waals surface area contributed by atoms with E-state index in [4.69, 9.17) is 28.4 Å². The maximum absolute atomic E-state index is 12.7. The fourth-order valence-electron chi connectivity index (χ4n) is 4.09. The van der Waals surface area contributed by atoms with Crippen molar-refractivity contribution in [2.24, 2.45) is 0 Å². The molecule has 0 saturated heterocycles. The van der Waals surface area contributed by atoms with Crippen molar-refractivity contribution in [3.63, 3.8) is 0 Å². The average Bonchev–Trinajstić information content (AvgIpc) is 3.02. The van der Waals surface area contributed by atoms with Crippen LogP contribution < -0.4 is 24.3 Å². The second-order valence-electron chi connectivity index (χ2n) is 7.39. The van der Waals surface area contributed by atoms with Gasteiger partial charge in [-0.15, -0.1) is 0 Å². The molecule has 2 aromatic rings. The van der Waals surface area contributed by atoms with Crippen molar-refractivity contribution in [1.82, 2.24) is 5.32 Å². The van der Waals surface area contributed by atoms with Crippen LogP contribution in [0, 0.1) is 0 Å². The summed E-state index contributed by atoms with van der Waals surface area (Å²) in [4.78, 5) is 36.7. The van der Waals surface area contributed by atoms with Crippen LogP contribution >= 0.6 is 0 Å². The van der Waals surface area contributed by atoms with Crippen molar-refractivity contribution in [3.8, 4) is 34.1 Å². The molecule has 0 radical (unpaired) electrons. The number of hydrogen-bond acceptors (Lipinski definition) is 10. The number of carbonyl (C=O) groups excluding carboxylic acids is 3. The van der Waals surface area contributed by atoms with E-state index in [1.54, 1.807) is 0 Å². The zero-order valence-corrected chi connectivity index (χ0v) is 20.3. The van der Waals surface area contributed by atoms with Gasteiger partial charge in [-0.05, 0) is 47.7 Å². The highest BCUT2D eigenvalue weighted by molar-refractivity contribution is 5.97. The van der Waals surface area contributed by atoms with Crippen LogP contribution in [0.1, 0.15) is 33.9 Å². The van der Waals surface area contributed by atoms with Gasteiger partial charge in [0.15, 0.2) is 11.5 Å². The fraction of sp³-hybridized carbons (Fsp3) is 0.375. The second kappa shape index (κ2) is 10.9. The lowest BCUT2D eigenvalue weighted by atomic mass is 9.91. The van der Waals surface area contributed by atoms with Crippen LogP contribution in [0.4, 0.5) is 9.59 Å². The number of hydrogen-bond donors (Lipinski definition) is 1. The van der Waals surface area contributed by atoms with E-state index in [0.717, 1.165) is 12.7 Å². The number of ether oxygens (including phenoxy) is 7. The van der Waals surface area contributed by atoms with E-state index < -0.39 is 24.3 Å². The summed E-state index contributed by atoms with van der Waals surface area (Å²) >= 11 is 0. The molecule has 0 heterocycles. The molecule has 0 unspecified atom stereocenters. The van der Waals surface area contributed by atoms with Crippen LogP contribution in [0.15, 0.2) is 18.2 Å². The number of alkyl carbamates (subject to hydrolysis) is 1. The number of nitrogens with one attached hydrogen (secondary N) is 1. The van der Waals surface area contributed by atoms with E-state index in [1.807, 2.05) is 6.07 Å². The number of carbonyl (C=O) groups is 3. The lowest BCUT2D eigenvalue weighted by Crippen LogP contribution is -2.28. The van der Waals surface area contributed by atoms with E-state index in [-0.39, 0.29) is 11.3 Å². The summed E-state index contributed by atoms with van der Waals surface area (Å²) in [6.07, 6.45) is -0.730. The number of methoxy groups -OCH3 is 6. The van der Waals surface area contributed by atoms with Gasteiger partial charge in [0.05, 0.1) is 48.7 Å². The maximum Gasteiger partial charge on any atom is 0.513 e. The molecular formula is C24H27NO10. The van der Waals surface area contributed by atoms with E-state index >= 15 is 0 Å². The molecule has 1 amide bonds. The molecule has 0 saturated carbocycles. The zero-order valence-electron chi connectivity index (χ0n) is 20.3. The summed E-state index contributed by atoms with van der Waals surface area (Å²) in [7, 11) is 8.10. The van der Waals surface area contributed by atoms with Gasteiger partial charge in [0.2, 0.25) is 5.75 Å². The first-order valence-corrected chi connectivity index (χ1v) is 10.5. The molecule has 3 rings (SSSR count). The van der Waals surface area contributed by atoms with Crippen molar-refractivity contribution in [2.45, 2.75) is 18.9 Å². The van der Waals surface area contributed by atoms with Gasteiger partial charge in [-0.1, -0.05) is 0 Å². The Morgan fingerprint density at radius 2 is 1.54 bits per heavy atom. The van der Waals surface area contributed by atoms with Gasteiger partial charge >= 0.3 is 18.2 Å². The highest BCUT2D eigenvalue weighted by atomic mass is 16.7. The molecule has 188 valence electrons. The van der Waals surface area contributed by atoms with Crippen molar-refractivity contribution in [3.05, 3.63) is 34.9 Å². The molecule has 1 N–H and O–H groups in total. The summed E-state index contributed by atoms with van der Waals surface area (Å²) in [5.41, 5.74) is 2.51. The largest absolute Gasteiger partial charge is 0.513 e. The molecule has 1 atom stereocenters. The van der Waals surface area contributed by atoms with Crippen LogP contribution in [0.2, 0.25) is 0 Å². The normalized spacial score (nSPS) is 13.8. The van der Waals surface area contributed by atoms with Crippen LogP contribution in [0.25, 0.3) is 11.1 Å². The third-order valence-corrected chi connectivity index (χ3v) is 5.65. The van der Waals surface area contributed by atoms with Crippen LogP contribution in [-0.4, -0.2) is 60.9 Å². The predicted octanol–water partition coefficient (Wildman–Crippen LogP) is 3.65. The van der Waals surface area contributed by atoms with E-state index in [9.17, 15) is 14.4 Å². The Bertz CT molecular complexity index is 1140. The van der Waals surface area contributed by atoms with Crippen molar-refractivity contribution >= 4 is 18.2 Å². The molecule has 0 fully saturated rings. The van der Waals surface area contributed by atoms with E-state index in [1.165, 1.54) is 47.7 Å². The molecule has 11 heteroatoms. The van der Waals surface area contributed by atoms with Crippen molar-refractivity contribution in [1.29, 1.82) is 0 Å². The highest BCUT2D eigenvalue weighted by Crippen LogP contribution is 2.51. The zero-order chi connectivity index (χ0) is 25.7. The second-order valence-corrected chi connectivity index (χ2v) is 7.39. The van der Waals surface area contributed by atoms with Gasteiger partial charge in [0.25, 0.3) is 0 Å². The Morgan fingerprint density at radius 3 is 2.11 bits per heavy atom. The van der Waals surface area contributed by atoms with E-state index in [0.29, 0.717) is 46.8 Å². The minimum atomic E-state index is -1.02. The van der Waals surface area contributed by atoms with Gasteiger partial charge < -0.3 is 38.5 Å². The number of fused-ring (bicyclic) bond motifs is 3. The molecule has 0 aliphatic heterocycles. The van der Waals surface area contributed by atoms with Crippen molar-refractivity contribution < 1.29 is 47.5 Å². The monoisotopic (exact) mass is 489 g/mol. The molecule has 11 nitrogen and oxygen atoms in total. The molecule has 0 spiro atoms.